The molecule has 0 amide bonds. The largest absolute Gasteiger partial charge is 0.497 e. The van der Waals surface area contributed by atoms with Crippen molar-refractivity contribution in [1.82, 2.24) is 4.72 Å². The first-order valence-corrected chi connectivity index (χ1v) is 8.18. The summed E-state index contributed by atoms with van der Waals surface area (Å²) in [5, 5.41) is 0. The van der Waals surface area contributed by atoms with E-state index in [1.807, 2.05) is 24.3 Å². The van der Waals surface area contributed by atoms with Crippen LogP contribution in [0, 0.1) is 5.92 Å². The van der Waals surface area contributed by atoms with Gasteiger partial charge in [-0.25, -0.2) is 13.1 Å². The first-order chi connectivity index (χ1) is 8.93. The van der Waals surface area contributed by atoms with E-state index in [1.54, 1.807) is 7.11 Å². The molecule has 0 bridgehead atoms. The molecule has 0 saturated heterocycles. The van der Waals surface area contributed by atoms with Crippen LogP contribution in [0.2, 0.25) is 0 Å². The maximum atomic E-state index is 11.8. The van der Waals surface area contributed by atoms with Crippen molar-refractivity contribution in [2.45, 2.75) is 26.7 Å². The Kier molecular flexibility index (Phi) is 6.31. The Morgan fingerprint density at radius 1 is 1.32 bits per heavy atom. The van der Waals surface area contributed by atoms with E-state index in [9.17, 15) is 8.42 Å². The minimum absolute atomic E-state index is 0.109. The quantitative estimate of drug-likeness (QED) is 0.796. The topological polar surface area (TPSA) is 55.4 Å². The van der Waals surface area contributed by atoms with Gasteiger partial charge in [-0.2, -0.15) is 0 Å². The molecule has 0 saturated carbocycles. The summed E-state index contributed by atoms with van der Waals surface area (Å²) in [5.41, 5.74) is 0.966. The molecule has 0 heterocycles. The van der Waals surface area contributed by atoms with Gasteiger partial charge in [-0.1, -0.05) is 26.0 Å². The molecule has 0 radical (unpaired) electrons. The molecule has 1 aromatic rings. The van der Waals surface area contributed by atoms with Gasteiger partial charge in [-0.05, 0) is 36.5 Å². The van der Waals surface area contributed by atoms with Crippen LogP contribution in [0.5, 0.6) is 5.75 Å². The lowest BCUT2D eigenvalue weighted by Gasteiger charge is -2.09. The van der Waals surface area contributed by atoms with Crippen LogP contribution in [-0.4, -0.2) is 27.8 Å². The summed E-state index contributed by atoms with van der Waals surface area (Å²) in [4.78, 5) is 0. The molecule has 19 heavy (non-hydrogen) atoms. The summed E-state index contributed by atoms with van der Waals surface area (Å²) >= 11 is 0. The molecule has 0 aromatic heterocycles. The van der Waals surface area contributed by atoms with E-state index >= 15 is 0 Å². The number of hydrogen-bond donors (Lipinski definition) is 1. The van der Waals surface area contributed by atoms with Gasteiger partial charge in [0, 0.05) is 6.54 Å². The van der Waals surface area contributed by atoms with Gasteiger partial charge in [0.05, 0.1) is 12.9 Å². The Balaban J connectivity index is 2.45. The average molecular weight is 285 g/mol. The molecule has 1 rings (SSSR count). The fourth-order valence-electron chi connectivity index (χ4n) is 1.66. The third-order valence-corrected chi connectivity index (χ3v) is 4.22. The lowest BCUT2D eigenvalue weighted by molar-refractivity contribution is 0.414. The Bertz CT molecular complexity index is 483. The van der Waals surface area contributed by atoms with Crippen molar-refractivity contribution in [2.24, 2.45) is 5.92 Å². The maximum Gasteiger partial charge on any atom is 0.211 e. The number of rotatable bonds is 8. The predicted octanol–water partition coefficient (Wildman–Crippen LogP) is 2.20. The lowest BCUT2D eigenvalue weighted by atomic mass is 10.1. The van der Waals surface area contributed by atoms with Gasteiger partial charge in [0.1, 0.15) is 5.75 Å². The second kappa shape index (κ2) is 7.50. The molecule has 0 fully saturated rings. The Morgan fingerprint density at radius 2 is 2.05 bits per heavy atom. The number of methoxy groups -OCH3 is 1. The minimum Gasteiger partial charge on any atom is -0.497 e. The molecule has 1 N–H and O–H groups in total. The molecule has 108 valence electrons. The first-order valence-electron chi connectivity index (χ1n) is 6.53. The van der Waals surface area contributed by atoms with Crippen molar-refractivity contribution in [3.63, 3.8) is 0 Å². The van der Waals surface area contributed by atoms with E-state index in [0.29, 0.717) is 18.9 Å². The number of hydrogen-bond acceptors (Lipinski definition) is 3. The zero-order chi connectivity index (χ0) is 14.3. The Labute approximate surface area is 116 Å². The summed E-state index contributed by atoms with van der Waals surface area (Å²) in [5.74, 6) is 1.36. The maximum absolute atomic E-state index is 11.8. The van der Waals surface area contributed by atoms with E-state index in [-0.39, 0.29) is 5.75 Å². The third kappa shape index (κ3) is 6.59. The summed E-state index contributed by atoms with van der Waals surface area (Å²) < 4.78 is 31.3. The monoisotopic (exact) mass is 285 g/mol. The number of sulfonamides is 1. The van der Waals surface area contributed by atoms with Gasteiger partial charge < -0.3 is 4.74 Å². The molecule has 4 nitrogen and oxygen atoms in total. The molecule has 0 unspecified atom stereocenters. The van der Waals surface area contributed by atoms with E-state index in [2.05, 4.69) is 18.6 Å². The molecule has 0 aliphatic carbocycles. The van der Waals surface area contributed by atoms with Gasteiger partial charge in [0.2, 0.25) is 10.0 Å². The van der Waals surface area contributed by atoms with Crippen LogP contribution < -0.4 is 9.46 Å². The zero-order valence-electron chi connectivity index (χ0n) is 11.8. The van der Waals surface area contributed by atoms with Crippen LogP contribution in [-0.2, 0) is 16.4 Å². The smallest absolute Gasteiger partial charge is 0.211 e. The van der Waals surface area contributed by atoms with Gasteiger partial charge in [0.15, 0.2) is 0 Å². The Morgan fingerprint density at radius 3 is 2.68 bits per heavy atom. The number of ether oxygens (including phenoxy) is 1. The fraction of sp³-hybridized carbons (Fsp3) is 0.571. The van der Waals surface area contributed by atoms with Crippen LogP contribution >= 0.6 is 0 Å². The van der Waals surface area contributed by atoms with Gasteiger partial charge in [-0.15, -0.1) is 0 Å². The third-order valence-electron chi connectivity index (χ3n) is 2.84. The molecule has 0 spiro atoms. The minimum atomic E-state index is -3.19. The molecule has 0 aliphatic rings. The van der Waals surface area contributed by atoms with Gasteiger partial charge >= 0.3 is 0 Å². The van der Waals surface area contributed by atoms with Crippen LogP contribution in [0.15, 0.2) is 24.3 Å². The number of benzene rings is 1. The van der Waals surface area contributed by atoms with Crippen molar-refractivity contribution in [1.29, 1.82) is 0 Å². The van der Waals surface area contributed by atoms with Crippen molar-refractivity contribution in [3.8, 4) is 5.75 Å². The highest BCUT2D eigenvalue weighted by Crippen LogP contribution is 2.13. The molecule has 0 aliphatic heterocycles. The normalized spacial score (nSPS) is 11.8. The van der Waals surface area contributed by atoms with Crippen LogP contribution in [0.3, 0.4) is 0 Å². The van der Waals surface area contributed by atoms with Crippen LogP contribution in [0.25, 0.3) is 0 Å². The van der Waals surface area contributed by atoms with E-state index in [1.165, 1.54) is 0 Å². The molecular weight excluding hydrogens is 262 g/mol. The van der Waals surface area contributed by atoms with E-state index in [4.69, 9.17) is 4.74 Å². The lowest BCUT2D eigenvalue weighted by Crippen LogP contribution is -2.28. The standard InChI is InChI=1S/C14H23NO3S/c1-12(2)7-9-15-19(16,17)10-8-13-5-4-6-14(11-13)18-3/h4-6,11-12,15H,7-10H2,1-3H3. The van der Waals surface area contributed by atoms with Crippen LogP contribution in [0.1, 0.15) is 25.8 Å². The molecule has 0 atom stereocenters. The highest BCUT2D eigenvalue weighted by molar-refractivity contribution is 7.89. The predicted molar refractivity (Wildman–Crippen MR) is 77.9 cm³/mol. The summed E-state index contributed by atoms with van der Waals surface area (Å²) in [6.45, 7) is 4.66. The number of aryl methyl sites for hydroxylation is 1. The van der Waals surface area contributed by atoms with Crippen molar-refractivity contribution in [2.75, 3.05) is 19.4 Å². The number of nitrogens with one attached hydrogen (secondary N) is 1. The first kappa shape index (κ1) is 16.0. The SMILES string of the molecule is COc1cccc(CCS(=O)(=O)NCCC(C)C)c1. The average Bonchev–Trinajstić information content (AvgIpc) is 2.36. The van der Waals surface area contributed by atoms with Gasteiger partial charge in [-0.3, -0.25) is 0 Å². The zero-order valence-corrected chi connectivity index (χ0v) is 12.7. The summed E-state index contributed by atoms with van der Waals surface area (Å²) in [6, 6.07) is 7.49. The van der Waals surface area contributed by atoms with Crippen molar-refractivity contribution in [3.05, 3.63) is 29.8 Å². The molecule has 5 heteroatoms. The molecular formula is C14H23NO3S. The second-order valence-electron chi connectivity index (χ2n) is 5.00. The summed E-state index contributed by atoms with van der Waals surface area (Å²) in [7, 11) is -1.59. The second-order valence-corrected chi connectivity index (χ2v) is 6.92. The summed E-state index contributed by atoms with van der Waals surface area (Å²) in [6.07, 6.45) is 1.35. The highest BCUT2D eigenvalue weighted by Gasteiger charge is 2.10. The molecule has 1 aromatic carbocycles. The fourth-order valence-corrected chi connectivity index (χ4v) is 2.73. The van der Waals surface area contributed by atoms with E-state index in [0.717, 1.165) is 17.7 Å². The van der Waals surface area contributed by atoms with Crippen molar-refractivity contribution < 1.29 is 13.2 Å². The highest BCUT2D eigenvalue weighted by atomic mass is 32.2. The Hall–Kier alpha value is -1.07. The van der Waals surface area contributed by atoms with Crippen LogP contribution in [0.4, 0.5) is 0 Å². The van der Waals surface area contributed by atoms with Crippen molar-refractivity contribution >= 4 is 10.0 Å². The van der Waals surface area contributed by atoms with Gasteiger partial charge in [0.25, 0.3) is 0 Å². The van der Waals surface area contributed by atoms with E-state index < -0.39 is 10.0 Å².